The average molecular weight is 387 g/mol. The molecule has 1 fully saturated rings. The van der Waals surface area contributed by atoms with Crippen LogP contribution in [0.25, 0.3) is 0 Å². The Kier molecular flexibility index (Phi) is 5.54. The highest BCUT2D eigenvalue weighted by atomic mass is 16.5. The highest BCUT2D eigenvalue weighted by Crippen LogP contribution is 2.46. The number of aliphatic imine (C=N–C) groups is 1. The van der Waals surface area contributed by atoms with Crippen LogP contribution in [-0.4, -0.2) is 37.2 Å². The molecule has 0 N–H and O–H groups in total. The number of ketones is 1. The van der Waals surface area contributed by atoms with E-state index in [4.69, 9.17) is 13.9 Å². The molecule has 1 aliphatic carbocycles. The molecule has 0 aromatic carbocycles. The van der Waals surface area contributed by atoms with Gasteiger partial charge >= 0.3 is 11.9 Å². The number of hydrogen-bond donors (Lipinski definition) is 0. The number of nitrogens with zero attached hydrogens (tertiary/aromatic N) is 1. The second-order valence-electron chi connectivity index (χ2n) is 7.31. The standard InChI is InChI=1S/C21H25NO6/c1-6-27-21(25)16-12(4)22-13-9-10(2)15(20(24)26-5)19(23)17(13)18(16)14-8-7-11(3)28-14/h7-8,10,15,17-18H,6,9H2,1-5H3/t10-,15+,17+,18-/m1/s1. The van der Waals surface area contributed by atoms with Gasteiger partial charge in [0.25, 0.3) is 0 Å². The third-order valence-corrected chi connectivity index (χ3v) is 5.44. The Hall–Kier alpha value is -2.70. The monoisotopic (exact) mass is 387 g/mol. The Bertz CT molecular complexity index is 877. The molecule has 1 aliphatic heterocycles. The molecule has 0 radical (unpaired) electrons. The fourth-order valence-corrected chi connectivity index (χ4v) is 4.24. The van der Waals surface area contributed by atoms with Crippen molar-refractivity contribution in [2.75, 3.05) is 13.7 Å². The number of rotatable bonds is 4. The largest absolute Gasteiger partial charge is 0.468 e. The number of allylic oxidation sites excluding steroid dienone is 1. The molecule has 2 heterocycles. The zero-order valence-corrected chi connectivity index (χ0v) is 16.8. The van der Waals surface area contributed by atoms with Gasteiger partial charge in [-0.15, -0.1) is 0 Å². The summed E-state index contributed by atoms with van der Waals surface area (Å²) in [5.41, 5.74) is 1.49. The molecule has 3 rings (SSSR count). The number of ether oxygens (including phenoxy) is 2. The summed E-state index contributed by atoms with van der Waals surface area (Å²) >= 11 is 0. The van der Waals surface area contributed by atoms with E-state index in [0.29, 0.717) is 34.9 Å². The lowest BCUT2D eigenvalue weighted by molar-refractivity contribution is -0.152. The zero-order chi connectivity index (χ0) is 20.6. The van der Waals surface area contributed by atoms with E-state index in [9.17, 15) is 14.4 Å². The van der Waals surface area contributed by atoms with Crippen LogP contribution in [0.15, 0.2) is 32.8 Å². The van der Waals surface area contributed by atoms with Gasteiger partial charge in [-0.2, -0.15) is 0 Å². The number of aryl methyl sites for hydroxylation is 1. The van der Waals surface area contributed by atoms with Gasteiger partial charge in [-0.05, 0) is 45.2 Å². The third kappa shape index (κ3) is 3.30. The minimum Gasteiger partial charge on any atom is -0.468 e. The second kappa shape index (κ2) is 7.73. The van der Waals surface area contributed by atoms with E-state index in [-0.39, 0.29) is 18.3 Å². The molecule has 0 amide bonds. The Balaban J connectivity index is 2.15. The lowest BCUT2D eigenvalue weighted by Gasteiger charge is -2.39. The van der Waals surface area contributed by atoms with Gasteiger partial charge in [0.05, 0.1) is 31.1 Å². The maximum absolute atomic E-state index is 13.4. The SMILES string of the molecule is CCOC(=O)C1=C(C)N=C2C[C@@H](C)[C@H](C(=O)OC)C(=O)[C@@H]2[C@@H]1c1ccc(C)o1. The van der Waals surface area contributed by atoms with Crippen LogP contribution in [0, 0.1) is 24.7 Å². The van der Waals surface area contributed by atoms with E-state index in [1.54, 1.807) is 32.9 Å². The van der Waals surface area contributed by atoms with Crippen molar-refractivity contribution in [3.8, 4) is 0 Å². The first-order valence-corrected chi connectivity index (χ1v) is 9.43. The number of carbonyl (C=O) groups is 3. The van der Waals surface area contributed by atoms with Crippen molar-refractivity contribution >= 4 is 23.4 Å². The molecule has 1 saturated carbocycles. The van der Waals surface area contributed by atoms with Crippen LogP contribution in [0.5, 0.6) is 0 Å². The van der Waals surface area contributed by atoms with Gasteiger partial charge in [-0.1, -0.05) is 6.92 Å². The molecule has 0 spiro atoms. The number of furan rings is 1. The normalized spacial score (nSPS) is 27.2. The number of Topliss-reactive ketones (excluding diaryl/α,β-unsaturated/α-hetero) is 1. The number of fused-ring (bicyclic) bond motifs is 1. The van der Waals surface area contributed by atoms with Gasteiger partial charge in [0, 0.05) is 11.4 Å². The number of carbonyl (C=O) groups excluding carboxylic acids is 3. The van der Waals surface area contributed by atoms with Gasteiger partial charge < -0.3 is 13.9 Å². The maximum Gasteiger partial charge on any atom is 0.336 e. The molecule has 4 atom stereocenters. The minimum absolute atomic E-state index is 0.205. The molecule has 0 bridgehead atoms. The maximum atomic E-state index is 13.4. The fraction of sp³-hybridized carbons (Fsp3) is 0.524. The summed E-state index contributed by atoms with van der Waals surface area (Å²) in [6.45, 7) is 7.29. The second-order valence-corrected chi connectivity index (χ2v) is 7.31. The first-order valence-electron chi connectivity index (χ1n) is 9.43. The minimum atomic E-state index is -0.894. The Morgan fingerprint density at radius 1 is 1.25 bits per heavy atom. The molecule has 1 aromatic rings. The summed E-state index contributed by atoms with van der Waals surface area (Å²) in [6.07, 6.45) is 0.472. The highest BCUT2D eigenvalue weighted by Gasteiger charge is 2.52. The van der Waals surface area contributed by atoms with Crippen LogP contribution in [0.3, 0.4) is 0 Å². The van der Waals surface area contributed by atoms with Gasteiger partial charge in [0.2, 0.25) is 0 Å². The Morgan fingerprint density at radius 2 is 1.96 bits per heavy atom. The van der Waals surface area contributed by atoms with Gasteiger partial charge in [0.15, 0.2) is 5.78 Å². The van der Waals surface area contributed by atoms with Crippen LogP contribution in [0.1, 0.15) is 44.6 Å². The van der Waals surface area contributed by atoms with Crippen molar-refractivity contribution in [2.24, 2.45) is 22.7 Å². The van der Waals surface area contributed by atoms with Crippen LogP contribution in [0.4, 0.5) is 0 Å². The first kappa shape index (κ1) is 20.0. The van der Waals surface area contributed by atoms with Crippen molar-refractivity contribution in [1.82, 2.24) is 0 Å². The molecule has 0 unspecified atom stereocenters. The predicted molar refractivity (Wildman–Crippen MR) is 101 cm³/mol. The third-order valence-electron chi connectivity index (χ3n) is 5.44. The molecule has 7 heteroatoms. The lowest BCUT2D eigenvalue weighted by Crippen LogP contribution is -2.48. The molecule has 28 heavy (non-hydrogen) atoms. The van der Waals surface area contributed by atoms with Crippen molar-refractivity contribution < 1.29 is 28.3 Å². The zero-order valence-electron chi connectivity index (χ0n) is 16.8. The predicted octanol–water partition coefficient (Wildman–Crippen LogP) is 2.98. The molecule has 1 aromatic heterocycles. The first-order chi connectivity index (χ1) is 13.3. The number of methoxy groups -OCH3 is 1. The van der Waals surface area contributed by atoms with E-state index < -0.39 is 29.7 Å². The van der Waals surface area contributed by atoms with E-state index >= 15 is 0 Å². The molecule has 0 saturated heterocycles. The fourth-order valence-electron chi connectivity index (χ4n) is 4.24. The topological polar surface area (TPSA) is 95.2 Å². The number of esters is 2. The molecule has 2 aliphatic rings. The molecular formula is C21H25NO6. The van der Waals surface area contributed by atoms with Crippen molar-refractivity contribution in [3.05, 3.63) is 34.9 Å². The Labute approximate surface area is 163 Å². The summed E-state index contributed by atoms with van der Waals surface area (Å²) in [4.78, 5) is 43.0. The quantitative estimate of drug-likeness (QED) is 0.582. The van der Waals surface area contributed by atoms with Crippen molar-refractivity contribution in [2.45, 2.75) is 40.0 Å². The van der Waals surface area contributed by atoms with Gasteiger partial charge in [-0.25, -0.2) is 4.79 Å². The van der Waals surface area contributed by atoms with E-state index in [1.165, 1.54) is 7.11 Å². The number of hydrogen-bond acceptors (Lipinski definition) is 7. The van der Waals surface area contributed by atoms with Crippen LogP contribution in [0.2, 0.25) is 0 Å². The van der Waals surface area contributed by atoms with E-state index in [1.807, 2.05) is 6.92 Å². The van der Waals surface area contributed by atoms with E-state index in [0.717, 1.165) is 0 Å². The highest BCUT2D eigenvalue weighted by molar-refractivity contribution is 6.17. The van der Waals surface area contributed by atoms with Crippen LogP contribution in [-0.2, 0) is 23.9 Å². The summed E-state index contributed by atoms with van der Waals surface area (Å²) in [5, 5.41) is 0. The van der Waals surface area contributed by atoms with Gasteiger partial charge in [-0.3, -0.25) is 14.6 Å². The van der Waals surface area contributed by atoms with Crippen LogP contribution < -0.4 is 0 Å². The summed E-state index contributed by atoms with van der Waals surface area (Å²) in [7, 11) is 1.27. The Morgan fingerprint density at radius 3 is 2.54 bits per heavy atom. The van der Waals surface area contributed by atoms with Crippen molar-refractivity contribution in [3.63, 3.8) is 0 Å². The average Bonchev–Trinajstić information content (AvgIpc) is 3.06. The van der Waals surface area contributed by atoms with Gasteiger partial charge in [0.1, 0.15) is 17.4 Å². The lowest BCUT2D eigenvalue weighted by atomic mass is 9.65. The molecule has 7 nitrogen and oxygen atoms in total. The molecule has 150 valence electrons. The summed E-state index contributed by atoms with van der Waals surface area (Å²) < 4.78 is 15.9. The summed E-state index contributed by atoms with van der Waals surface area (Å²) in [5.74, 6) is -2.78. The van der Waals surface area contributed by atoms with Crippen molar-refractivity contribution in [1.29, 1.82) is 0 Å². The summed E-state index contributed by atoms with van der Waals surface area (Å²) in [6, 6.07) is 3.54. The molecular weight excluding hydrogens is 362 g/mol. The van der Waals surface area contributed by atoms with Crippen LogP contribution >= 0.6 is 0 Å². The smallest absolute Gasteiger partial charge is 0.336 e. The van der Waals surface area contributed by atoms with E-state index in [2.05, 4.69) is 4.99 Å².